The highest BCUT2D eigenvalue weighted by Gasteiger charge is 2.29. The minimum absolute atomic E-state index is 0.162. The van der Waals surface area contributed by atoms with Gasteiger partial charge in [0.15, 0.2) is 0 Å². The number of phenols is 1. The van der Waals surface area contributed by atoms with Gasteiger partial charge in [-0.2, -0.15) is 0 Å². The van der Waals surface area contributed by atoms with Gasteiger partial charge in [-0.1, -0.05) is 11.6 Å². The van der Waals surface area contributed by atoms with E-state index in [1.807, 2.05) is 20.8 Å². The third-order valence-electron chi connectivity index (χ3n) is 3.19. The van der Waals surface area contributed by atoms with E-state index in [1.54, 1.807) is 23.1 Å². The highest BCUT2D eigenvalue weighted by Crippen LogP contribution is 2.29. The van der Waals surface area contributed by atoms with Gasteiger partial charge in [0.2, 0.25) is 0 Å². The molecule has 0 saturated carbocycles. The molecule has 5 nitrogen and oxygen atoms in total. The number of carbonyl (C=O) groups excluding carboxylic acids is 1. The topological polar surface area (TPSA) is 61.8 Å². The van der Waals surface area contributed by atoms with Crippen LogP contribution in [0.2, 0.25) is 5.02 Å². The number of amides is 1. The van der Waals surface area contributed by atoms with Crippen LogP contribution < -0.4 is 5.32 Å². The van der Waals surface area contributed by atoms with E-state index >= 15 is 0 Å². The fourth-order valence-electron chi connectivity index (χ4n) is 2.26. The summed E-state index contributed by atoms with van der Waals surface area (Å²) in [6.07, 6.45) is -0.337. The molecule has 1 amide bonds. The van der Waals surface area contributed by atoms with Crippen LogP contribution in [0.25, 0.3) is 0 Å². The first-order valence-corrected chi connectivity index (χ1v) is 7.34. The molecule has 1 heterocycles. The average Bonchev–Trinajstić information content (AvgIpc) is 2.40. The van der Waals surface area contributed by atoms with Crippen LogP contribution in [-0.4, -0.2) is 41.3 Å². The first-order chi connectivity index (χ1) is 9.76. The minimum atomic E-state index is -0.518. The molecule has 0 spiro atoms. The molecular weight excluding hydrogens is 292 g/mol. The summed E-state index contributed by atoms with van der Waals surface area (Å²) in [5, 5.41) is 13.8. The molecule has 2 N–H and O–H groups in total. The van der Waals surface area contributed by atoms with Gasteiger partial charge in [0.05, 0.1) is 6.04 Å². The van der Waals surface area contributed by atoms with Gasteiger partial charge in [0.1, 0.15) is 11.4 Å². The van der Waals surface area contributed by atoms with Gasteiger partial charge in [-0.05, 0) is 39.0 Å². The van der Waals surface area contributed by atoms with Crippen LogP contribution in [-0.2, 0) is 4.74 Å². The summed E-state index contributed by atoms with van der Waals surface area (Å²) in [7, 11) is 0. The average molecular weight is 313 g/mol. The molecule has 1 fully saturated rings. The number of piperazine rings is 1. The number of nitrogens with one attached hydrogen (secondary N) is 1. The van der Waals surface area contributed by atoms with E-state index in [4.69, 9.17) is 16.3 Å². The number of halogens is 1. The van der Waals surface area contributed by atoms with E-state index in [2.05, 4.69) is 5.32 Å². The lowest BCUT2D eigenvalue weighted by atomic mass is 10.0. The van der Waals surface area contributed by atoms with Gasteiger partial charge < -0.3 is 20.1 Å². The van der Waals surface area contributed by atoms with Crippen LogP contribution >= 0.6 is 11.6 Å². The van der Waals surface area contributed by atoms with E-state index in [0.29, 0.717) is 30.2 Å². The van der Waals surface area contributed by atoms with Crippen LogP contribution in [0.1, 0.15) is 32.4 Å². The van der Waals surface area contributed by atoms with Crippen LogP contribution in [0, 0.1) is 0 Å². The molecule has 1 aromatic rings. The monoisotopic (exact) mass is 312 g/mol. The van der Waals surface area contributed by atoms with Crippen molar-refractivity contribution >= 4 is 17.7 Å². The number of phenolic OH excluding ortho intramolecular Hbond substituents is 1. The zero-order valence-electron chi connectivity index (χ0n) is 12.5. The van der Waals surface area contributed by atoms with Crippen LogP contribution in [0.5, 0.6) is 5.75 Å². The van der Waals surface area contributed by atoms with Crippen molar-refractivity contribution in [1.29, 1.82) is 0 Å². The molecule has 0 aromatic heterocycles. The number of ether oxygens (including phenoxy) is 1. The Kier molecular flexibility index (Phi) is 4.64. The SMILES string of the molecule is CC(C)(C)OC(=O)N1CCNC(c2cc(Cl)ccc2O)C1. The number of carbonyl (C=O) groups is 1. The van der Waals surface area contributed by atoms with Crippen molar-refractivity contribution in [2.24, 2.45) is 0 Å². The van der Waals surface area contributed by atoms with Gasteiger partial charge in [-0.3, -0.25) is 0 Å². The molecule has 0 bridgehead atoms. The highest BCUT2D eigenvalue weighted by atomic mass is 35.5. The maximum absolute atomic E-state index is 12.1. The summed E-state index contributed by atoms with van der Waals surface area (Å²) in [6.45, 7) is 7.17. The van der Waals surface area contributed by atoms with Crippen molar-refractivity contribution in [2.45, 2.75) is 32.4 Å². The second-order valence-electron chi connectivity index (χ2n) is 6.14. The van der Waals surface area contributed by atoms with E-state index in [0.717, 1.165) is 0 Å². The first-order valence-electron chi connectivity index (χ1n) is 6.96. The summed E-state index contributed by atoms with van der Waals surface area (Å²) < 4.78 is 5.39. The fourth-order valence-corrected chi connectivity index (χ4v) is 2.44. The quantitative estimate of drug-likeness (QED) is 0.837. The van der Waals surface area contributed by atoms with Gasteiger partial charge in [0, 0.05) is 30.2 Å². The largest absolute Gasteiger partial charge is 0.508 e. The molecule has 1 saturated heterocycles. The molecule has 1 aliphatic rings. The number of nitrogens with zero attached hydrogens (tertiary/aromatic N) is 1. The molecule has 6 heteroatoms. The molecule has 0 radical (unpaired) electrons. The summed E-state index contributed by atoms with van der Waals surface area (Å²) in [6, 6.07) is 4.75. The lowest BCUT2D eigenvalue weighted by Gasteiger charge is -2.35. The van der Waals surface area contributed by atoms with Crippen LogP contribution in [0.3, 0.4) is 0 Å². The van der Waals surface area contributed by atoms with Crippen molar-refractivity contribution < 1.29 is 14.6 Å². The Morgan fingerprint density at radius 1 is 1.48 bits per heavy atom. The van der Waals surface area contributed by atoms with E-state index in [9.17, 15) is 9.90 Å². The van der Waals surface area contributed by atoms with Crippen molar-refractivity contribution in [3.05, 3.63) is 28.8 Å². The molecule has 1 aliphatic heterocycles. The number of benzene rings is 1. The smallest absolute Gasteiger partial charge is 0.410 e. The predicted octanol–water partition coefficient (Wildman–Crippen LogP) is 2.93. The van der Waals surface area contributed by atoms with E-state index in [-0.39, 0.29) is 17.9 Å². The lowest BCUT2D eigenvalue weighted by Crippen LogP contribution is -2.49. The second-order valence-corrected chi connectivity index (χ2v) is 6.57. The second kappa shape index (κ2) is 6.12. The Labute approximate surface area is 129 Å². The van der Waals surface area contributed by atoms with Crippen LogP contribution in [0.4, 0.5) is 4.79 Å². The summed E-state index contributed by atoms with van der Waals surface area (Å²) in [4.78, 5) is 13.8. The number of aromatic hydroxyl groups is 1. The third-order valence-corrected chi connectivity index (χ3v) is 3.43. The predicted molar refractivity (Wildman–Crippen MR) is 81.7 cm³/mol. The molecule has 2 rings (SSSR count). The minimum Gasteiger partial charge on any atom is -0.508 e. The summed E-state index contributed by atoms with van der Waals surface area (Å²) in [5.74, 6) is 0.169. The van der Waals surface area contributed by atoms with E-state index in [1.165, 1.54) is 0 Å². The Morgan fingerprint density at radius 2 is 2.19 bits per heavy atom. The highest BCUT2D eigenvalue weighted by molar-refractivity contribution is 6.30. The van der Waals surface area contributed by atoms with Crippen molar-refractivity contribution in [3.8, 4) is 5.75 Å². The zero-order valence-corrected chi connectivity index (χ0v) is 13.3. The van der Waals surface area contributed by atoms with Gasteiger partial charge >= 0.3 is 6.09 Å². The van der Waals surface area contributed by atoms with E-state index < -0.39 is 5.60 Å². The summed E-state index contributed by atoms with van der Waals surface area (Å²) in [5.41, 5.74) is 0.172. The number of rotatable bonds is 1. The Morgan fingerprint density at radius 3 is 2.86 bits per heavy atom. The molecule has 1 atom stereocenters. The molecule has 116 valence electrons. The third kappa shape index (κ3) is 4.25. The molecule has 0 aliphatic carbocycles. The Balaban J connectivity index is 2.10. The maximum Gasteiger partial charge on any atom is 0.410 e. The Hall–Kier alpha value is -1.46. The molecule has 1 aromatic carbocycles. The number of hydrogen-bond donors (Lipinski definition) is 2. The zero-order chi connectivity index (χ0) is 15.6. The maximum atomic E-state index is 12.1. The molecular formula is C15H21ClN2O3. The van der Waals surface area contributed by atoms with Crippen LogP contribution in [0.15, 0.2) is 18.2 Å². The molecule has 1 unspecified atom stereocenters. The van der Waals surface area contributed by atoms with Crippen molar-refractivity contribution in [3.63, 3.8) is 0 Å². The lowest BCUT2D eigenvalue weighted by molar-refractivity contribution is 0.0194. The Bertz CT molecular complexity index is 528. The molecule has 21 heavy (non-hydrogen) atoms. The van der Waals surface area contributed by atoms with Gasteiger partial charge in [-0.15, -0.1) is 0 Å². The fraction of sp³-hybridized carbons (Fsp3) is 0.533. The van der Waals surface area contributed by atoms with Crippen molar-refractivity contribution in [2.75, 3.05) is 19.6 Å². The van der Waals surface area contributed by atoms with Gasteiger partial charge in [-0.25, -0.2) is 4.79 Å². The summed E-state index contributed by atoms with van der Waals surface area (Å²) >= 11 is 5.98. The first kappa shape index (κ1) is 15.9. The van der Waals surface area contributed by atoms with Crippen molar-refractivity contribution in [1.82, 2.24) is 10.2 Å². The number of hydrogen-bond acceptors (Lipinski definition) is 4. The normalized spacial score (nSPS) is 19.4. The standard InChI is InChI=1S/C15H21ClN2O3/c1-15(2,3)21-14(20)18-7-6-17-12(9-18)11-8-10(16)4-5-13(11)19/h4-5,8,12,17,19H,6-7,9H2,1-3H3. The van der Waals surface area contributed by atoms with Gasteiger partial charge in [0.25, 0.3) is 0 Å².